The minimum absolute atomic E-state index is 0.253. The second kappa shape index (κ2) is 4.05. The maximum Gasteiger partial charge on any atom is 0.293 e. The number of nitrogens with zero attached hydrogens (tertiary/aromatic N) is 2. The van der Waals surface area contributed by atoms with Gasteiger partial charge in [0.1, 0.15) is 11.5 Å². The van der Waals surface area contributed by atoms with Gasteiger partial charge in [0.2, 0.25) is 0 Å². The Hall–Kier alpha value is -1.97. The quantitative estimate of drug-likeness (QED) is 0.824. The third-order valence-corrected chi connectivity index (χ3v) is 3.60. The number of phenolic OH excluding ortho intramolecular Hbond substituents is 1. The van der Waals surface area contributed by atoms with Crippen LogP contribution < -0.4 is 0 Å². The van der Waals surface area contributed by atoms with Crippen LogP contribution in [0.4, 0.5) is 0 Å². The third-order valence-electron chi connectivity index (χ3n) is 3.60. The molecular formula is C14H16N2O2. The first-order valence-electron chi connectivity index (χ1n) is 5.82. The van der Waals surface area contributed by atoms with Crippen LogP contribution in [0.3, 0.4) is 0 Å². The number of rotatable bonds is 1. The molecule has 1 aromatic rings. The van der Waals surface area contributed by atoms with Crippen LogP contribution in [-0.2, 0) is 4.79 Å². The predicted molar refractivity (Wildman–Crippen MR) is 71.7 cm³/mol. The minimum atomic E-state index is -0.304. The van der Waals surface area contributed by atoms with E-state index in [1.165, 1.54) is 0 Å². The van der Waals surface area contributed by atoms with E-state index >= 15 is 0 Å². The highest BCUT2D eigenvalue weighted by molar-refractivity contribution is 6.46. The van der Waals surface area contributed by atoms with Gasteiger partial charge in [-0.05, 0) is 51.3 Å². The van der Waals surface area contributed by atoms with Gasteiger partial charge in [-0.2, -0.15) is 4.99 Å². The number of carbonyl (C=O) groups excluding carboxylic acids is 1. The van der Waals surface area contributed by atoms with Gasteiger partial charge >= 0.3 is 0 Å². The van der Waals surface area contributed by atoms with Crippen molar-refractivity contribution in [1.82, 2.24) is 0 Å². The van der Waals surface area contributed by atoms with Crippen molar-refractivity contribution in [3.8, 4) is 5.75 Å². The van der Waals surface area contributed by atoms with Gasteiger partial charge in [0.25, 0.3) is 5.91 Å². The molecule has 1 amide bonds. The molecule has 4 nitrogen and oxygen atoms in total. The molecule has 18 heavy (non-hydrogen) atoms. The maximum atomic E-state index is 11.4. The van der Waals surface area contributed by atoms with Gasteiger partial charge < -0.3 is 5.11 Å². The number of hydrogen-bond acceptors (Lipinski definition) is 3. The highest BCUT2D eigenvalue weighted by Crippen LogP contribution is 2.32. The standard InChI is InChI=1S/C14H16N2O2/c1-6-7(2)11(9(4)12(17)8(6)3)13-15-10(5)14(18)16-13/h17H,1-5H3. The molecule has 1 aliphatic rings. The molecule has 0 atom stereocenters. The van der Waals surface area contributed by atoms with Crippen molar-refractivity contribution in [3.05, 3.63) is 27.8 Å². The van der Waals surface area contributed by atoms with Crippen LogP contribution in [0.1, 0.15) is 34.7 Å². The molecule has 4 heteroatoms. The summed E-state index contributed by atoms with van der Waals surface area (Å²) in [5, 5.41) is 10.1. The average molecular weight is 244 g/mol. The average Bonchev–Trinajstić information content (AvgIpc) is 2.64. The number of hydrogen-bond donors (Lipinski definition) is 1. The van der Waals surface area contributed by atoms with Crippen LogP contribution in [0, 0.1) is 27.7 Å². The molecule has 0 bridgehead atoms. The van der Waals surface area contributed by atoms with E-state index in [2.05, 4.69) is 9.98 Å². The topological polar surface area (TPSA) is 62.0 Å². The van der Waals surface area contributed by atoms with Crippen molar-refractivity contribution in [2.24, 2.45) is 9.98 Å². The molecule has 0 radical (unpaired) electrons. The van der Waals surface area contributed by atoms with E-state index < -0.39 is 0 Å². The number of phenols is 1. The van der Waals surface area contributed by atoms with E-state index in [4.69, 9.17) is 0 Å². The van der Waals surface area contributed by atoms with Gasteiger partial charge in [0.05, 0.1) is 0 Å². The van der Waals surface area contributed by atoms with E-state index in [9.17, 15) is 9.90 Å². The zero-order valence-corrected chi connectivity index (χ0v) is 11.2. The van der Waals surface area contributed by atoms with Crippen molar-refractivity contribution in [1.29, 1.82) is 0 Å². The Balaban J connectivity index is 2.75. The molecule has 2 rings (SSSR count). The molecule has 0 fully saturated rings. The smallest absolute Gasteiger partial charge is 0.293 e. The molecule has 1 aromatic carbocycles. The Bertz CT molecular complexity index is 596. The van der Waals surface area contributed by atoms with E-state index in [1.807, 2.05) is 27.7 Å². The van der Waals surface area contributed by atoms with Crippen molar-refractivity contribution < 1.29 is 9.90 Å². The van der Waals surface area contributed by atoms with Crippen LogP contribution in [-0.4, -0.2) is 22.6 Å². The van der Waals surface area contributed by atoms with Crippen molar-refractivity contribution in [3.63, 3.8) is 0 Å². The highest BCUT2D eigenvalue weighted by atomic mass is 16.3. The summed E-state index contributed by atoms with van der Waals surface area (Å²) in [5.41, 5.74) is 4.75. The predicted octanol–water partition coefficient (Wildman–Crippen LogP) is 2.37. The largest absolute Gasteiger partial charge is 0.507 e. The Kier molecular flexibility index (Phi) is 2.81. The van der Waals surface area contributed by atoms with Gasteiger partial charge in [-0.1, -0.05) is 0 Å². The van der Waals surface area contributed by atoms with E-state index in [0.29, 0.717) is 11.5 Å². The normalized spacial score (nSPS) is 14.8. The summed E-state index contributed by atoms with van der Waals surface area (Å²) in [6, 6.07) is 0. The van der Waals surface area contributed by atoms with Crippen LogP contribution in [0.2, 0.25) is 0 Å². The van der Waals surface area contributed by atoms with Crippen molar-refractivity contribution in [2.45, 2.75) is 34.6 Å². The summed E-state index contributed by atoms with van der Waals surface area (Å²) >= 11 is 0. The van der Waals surface area contributed by atoms with Gasteiger partial charge in [-0.3, -0.25) is 4.79 Å². The minimum Gasteiger partial charge on any atom is -0.507 e. The molecule has 0 aliphatic carbocycles. The monoisotopic (exact) mass is 244 g/mol. The number of amides is 1. The Labute approximate surface area is 106 Å². The number of aromatic hydroxyl groups is 1. The summed E-state index contributed by atoms with van der Waals surface area (Å²) in [7, 11) is 0. The van der Waals surface area contributed by atoms with E-state index in [-0.39, 0.29) is 11.7 Å². The fourth-order valence-electron chi connectivity index (χ4n) is 2.18. The van der Waals surface area contributed by atoms with Gasteiger partial charge in [-0.15, -0.1) is 0 Å². The van der Waals surface area contributed by atoms with Gasteiger partial charge in [-0.25, -0.2) is 4.99 Å². The molecule has 0 unspecified atom stereocenters. The zero-order chi connectivity index (χ0) is 13.6. The van der Waals surface area contributed by atoms with Crippen LogP contribution in [0.25, 0.3) is 0 Å². The second-order valence-electron chi connectivity index (χ2n) is 4.66. The summed E-state index contributed by atoms with van der Waals surface area (Å²) in [5.74, 6) is 0.357. The lowest BCUT2D eigenvalue weighted by Crippen LogP contribution is -2.05. The molecule has 0 saturated carbocycles. The van der Waals surface area contributed by atoms with Crippen molar-refractivity contribution >= 4 is 17.5 Å². The summed E-state index contributed by atoms with van der Waals surface area (Å²) in [6.07, 6.45) is 0. The fraction of sp³-hybridized carbons (Fsp3) is 0.357. The molecular weight excluding hydrogens is 228 g/mol. The molecule has 0 spiro atoms. The van der Waals surface area contributed by atoms with Crippen LogP contribution >= 0.6 is 0 Å². The Morgan fingerprint density at radius 2 is 1.44 bits per heavy atom. The van der Waals surface area contributed by atoms with Crippen LogP contribution in [0.15, 0.2) is 9.98 Å². The first-order valence-corrected chi connectivity index (χ1v) is 5.82. The number of amidine groups is 1. The van der Waals surface area contributed by atoms with Gasteiger partial charge in [0.15, 0.2) is 5.84 Å². The summed E-state index contributed by atoms with van der Waals surface area (Å²) in [4.78, 5) is 19.6. The lowest BCUT2D eigenvalue weighted by molar-refractivity contribution is -0.111. The Morgan fingerprint density at radius 1 is 0.833 bits per heavy atom. The summed E-state index contributed by atoms with van der Waals surface area (Å²) < 4.78 is 0. The lowest BCUT2D eigenvalue weighted by Gasteiger charge is -2.15. The molecule has 0 aromatic heterocycles. The second-order valence-corrected chi connectivity index (χ2v) is 4.66. The maximum absolute atomic E-state index is 11.4. The number of aliphatic imine (C=N–C) groups is 2. The number of benzene rings is 1. The highest BCUT2D eigenvalue weighted by Gasteiger charge is 2.23. The lowest BCUT2D eigenvalue weighted by atomic mass is 9.92. The van der Waals surface area contributed by atoms with Crippen molar-refractivity contribution in [2.75, 3.05) is 0 Å². The van der Waals surface area contributed by atoms with E-state index in [0.717, 1.165) is 27.8 Å². The molecule has 1 N–H and O–H groups in total. The molecule has 0 saturated heterocycles. The number of carbonyl (C=O) groups is 1. The fourth-order valence-corrected chi connectivity index (χ4v) is 2.18. The third kappa shape index (κ3) is 1.65. The summed E-state index contributed by atoms with van der Waals surface area (Å²) in [6.45, 7) is 9.25. The molecule has 94 valence electrons. The molecule has 1 heterocycles. The molecule has 1 aliphatic heterocycles. The SMILES string of the molecule is CC1=NC(c2c(C)c(C)c(C)c(O)c2C)=NC1=O. The zero-order valence-electron chi connectivity index (χ0n) is 11.2. The van der Waals surface area contributed by atoms with E-state index in [1.54, 1.807) is 6.92 Å². The first-order chi connectivity index (χ1) is 8.34. The Morgan fingerprint density at radius 3 is 1.94 bits per heavy atom. The van der Waals surface area contributed by atoms with Crippen LogP contribution in [0.5, 0.6) is 5.75 Å². The first kappa shape index (κ1) is 12.5. The van der Waals surface area contributed by atoms with Gasteiger partial charge in [0, 0.05) is 11.1 Å².